The first kappa shape index (κ1) is 17.3. The molecule has 140 valence electrons. The summed E-state index contributed by atoms with van der Waals surface area (Å²) in [7, 11) is 1.62. The molecule has 0 bridgehead atoms. The number of nitrogen functional groups attached to an aromatic ring is 1. The van der Waals surface area contributed by atoms with Gasteiger partial charge in [0.1, 0.15) is 17.6 Å². The summed E-state index contributed by atoms with van der Waals surface area (Å²) in [6.45, 7) is 0. The molecule has 1 aliphatic carbocycles. The van der Waals surface area contributed by atoms with Gasteiger partial charge in [-0.15, -0.1) is 0 Å². The van der Waals surface area contributed by atoms with Crippen LogP contribution in [0.4, 0.5) is 11.5 Å². The molecule has 1 saturated carbocycles. The van der Waals surface area contributed by atoms with E-state index < -0.39 is 0 Å². The maximum absolute atomic E-state index is 12.6. The Hall–Kier alpha value is -3.16. The zero-order chi connectivity index (χ0) is 18.8. The molecule has 0 spiro atoms. The molecule has 0 aliphatic heterocycles. The van der Waals surface area contributed by atoms with E-state index >= 15 is 0 Å². The summed E-state index contributed by atoms with van der Waals surface area (Å²) in [6.07, 6.45) is 6.69. The van der Waals surface area contributed by atoms with Gasteiger partial charge in [0.25, 0.3) is 0 Å². The number of amides is 1. The standard InChI is InChI=1S/C19H22N6O2/c1-27-15-8-4-13(5-9-15)24-19(26)12-2-6-14(7-3-12)25-11-23-16-17(20)21-10-22-18(16)25/h4-5,8-12,14H,2-3,6-7H2,1H3,(H,24,26)(H2,20,21,22). The third-order valence-corrected chi connectivity index (χ3v) is 5.21. The molecule has 1 aliphatic rings. The van der Waals surface area contributed by atoms with Gasteiger partial charge in [-0.2, -0.15) is 0 Å². The van der Waals surface area contributed by atoms with Crippen molar-refractivity contribution >= 4 is 28.6 Å². The molecule has 1 fully saturated rings. The van der Waals surface area contributed by atoms with Crippen LogP contribution in [0.2, 0.25) is 0 Å². The SMILES string of the molecule is COc1ccc(NC(=O)C2CCC(n3cnc4c(N)ncnc43)CC2)cc1. The molecule has 3 N–H and O–H groups in total. The van der Waals surface area contributed by atoms with E-state index in [4.69, 9.17) is 10.5 Å². The third kappa shape index (κ3) is 3.42. The lowest BCUT2D eigenvalue weighted by atomic mass is 9.85. The first-order valence-electron chi connectivity index (χ1n) is 9.03. The molecule has 2 aromatic heterocycles. The minimum absolute atomic E-state index is 0.0119. The van der Waals surface area contributed by atoms with E-state index in [1.54, 1.807) is 13.4 Å². The monoisotopic (exact) mass is 366 g/mol. The summed E-state index contributed by atoms with van der Waals surface area (Å²) in [4.78, 5) is 25.2. The molecule has 0 radical (unpaired) electrons. The van der Waals surface area contributed by atoms with Gasteiger partial charge in [-0.25, -0.2) is 15.0 Å². The number of imidazole rings is 1. The summed E-state index contributed by atoms with van der Waals surface area (Å²) >= 11 is 0. The predicted molar refractivity (Wildman–Crippen MR) is 102 cm³/mol. The van der Waals surface area contributed by atoms with E-state index in [2.05, 4.69) is 24.8 Å². The van der Waals surface area contributed by atoms with Crippen molar-refractivity contribution in [3.8, 4) is 5.75 Å². The van der Waals surface area contributed by atoms with Crippen molar-refractivity contribution in [2.45, 2.75) is 31.7 Å². The molecule has 4 rings (SSSR count). The van der Waals surface area contributed by atoms with Crippen molar-refractivity contribution in [1.29, 1.82) is 0 Å². The fourth-order valence-electron chi connectivity index (χ4n) is 3.67. The zero-order valence-electron chi connectivity index (χ0n) is 15.1. The van der Waals surface area contributed by atoms with Crippen LogP contribution in [0.3, 0.4) is 0 Å². The van der Waals surface area contributed by atoms with Crippen molar-refractivity contribution in [3.05, 3.63) is 36.9 Å². The molecule has 0 saturated heterocycles. The number of hydrogen-bond donors (Lipinski definition) is 2. The molecule has 0 atom stereocenters. The Morgan fingerprint density at radius 1 is 1.15 bits per heavy atom. The predicted octanol–water partition coefficient (Wildman–Crippen LogP) is 2.79. The number of benzene rings is 1. The maximum atomic E-state index is 12.6. The molecule has 3 aromatic rings. The van der Waals surface area contributed by atoms with E-state index in [-0.39, 0.29) is 17.9 Å². The molecule has 0 unspecified atom stereocenters. The average molecular weight is 366 g/mol. The van der Waals surface area contributed by atoms with E-state index in [0.29, 0.717) is 11.3 Å². The highest BCUT2D eigenvalue weighted by molar-refractivity contribution is 5.92. The second-order valence-corrected chi connectivity index (χ2v) is 6.81. The number of ether oxygens (including phenoxy) is 1. The molecular formula is C19H22N6O2. The van der Waals surface area contributed by atoms with Crippen molar-refractivity contribution in [1.82, 2.24) is 19.5 Å². The van der Waals surface area contributed by atoms with Crippen molar-refractivity contribution in [2.75, 3.05) is 18.2 Å². The number of nitrogens with one attached hydrogen (secondary N) is 1. The van der Waals surface area contributed by atoms with Crippen molar-refractivity contribution < 1.29 is 9.53 Å². The molecule has 8 nitrogen and oxygen atoms in total. The van der Waals surface area contributed by atoms with Crippen LogP contribution in [0.15, 0.2) is 36.9 Å². The fraction of sp³-hybridized carbons (Fsp3) is 0.368. The third-order valence-electron chi connectivity index (χ3n) is 5.21. The molecule has 27 heavy (non-hydrogen) atoms. The maximum Gasteiger partial charge on any atom is 0.227 e. The van der Waals surface area contributed by atoms with E-state index in [9.17, 15) is 4.79 Å². The van der Waals surface area contributed by atoms with Crippen LogP contribution in [0.1, 0.15) is 31.7 Å². The van der Waals surface area contributed by atoms with Crippen LogP contribution >= 0.6 is 0 Å². The number of aromatic nitrogens is 4. The fourth-order valence-corrected chi connectivity index (χ4v) is 3.67. The summed E-state index contributed by atoms with van der Waals surface area (Å²) in [6, 6.07) is 7.65. The number of carbonyl (C=O) groups is 1. The number of anilines is 2. The summed E-state index contributed by atoms with van der Waals surface area (Å²) in [5.74, 6) is 1.25. The van der Waals surface area contributed by atoms with Gasteiger partial charge in [-0.05, 0) is 49.9 Å². The lowest BCUT2D eigenvalue weighted by molar-refractivity contribution is -0.120. The normalized spacial score (nSPS) is 19.7. The highest BCUT2D eigenvalue weighted by Gasteiger charge is 2.28. The lowest BCUT2D eigenvalue weighted by Gasteiger charge is -2.28. The van der Waals surface area contributed by atoms with E-state index in [1.165, 1.54) is 6.33 Å². The second kappa shape index (κ2) is 7.22. The number of fused-ring (bicyclic) bond motifs is 1. The quantitative estimate of drug-likeness (QED) is 0.735. The van der Waals surface area contributed by atoms with Crippen molar-refractivity contribution in [2.24, 2.45) is 5.92 Å². The van der Waals surface area contributed by atoms with Gasteiger partial charge in [0.15, 0.2) is 11.5 Å². The number of hydrogen-bond acceptors (Lipinski definition) is 6. The van der Waals surface area contributed by atoms with Gasteiger partial charge in [-0.1, -0.05) is 0 Å². The first-order chi connectivity index (χ1) is 13.2. The Kier molecular flexibility index (Phi) is 4.62. The van der Waals surface area contributed by atoms with Crippen LogP contribution in [0, 0.1) is 5.92 Å². The molecule has 1 amide bonds. The van der Waals surface area contributed by atoms with Crippen LogP contribution in [0.5, 0.6) is 5.75 Å². The van der Waals surface area contributed by atoms with Gasteiger partial charge in [-0.3, -0.25) is 4.79 Å². The number of nitrogens with two attached hydrogens (primary N) is 1. The first-order valence-corrected chi connectivity index (χ1v) is 9.03. The lowest BCUT2D eigenvalue weighted by Crippen LogP contribution is -2.28. The van der Waals surface area contributed by atoms with E-state index in [0.717, 1.165) is 42.8 Å². The Balaban J connectivity index is 1.39. The average Bonchev–Trinajstić information content (AvgIpc) is 3.14. The summed E-state index contributed by atoms with van der Waals surface area (Å²) < 4.78 is 7.20. The Morgan fingerprint density at radius 2 is 1.89 bits per heavy atom. The van der Waals surface area contributed by atoms with E-state index in [1.807, 2.05) is 24.3 Å². The number of nitrogens with zero attached hydrogens (tertiary/aromatic N) is 4. The van der Waals surface area contributed by atoms with Crippen LogP contribution in [0.25, 0.3) is 11.2 Å². The van der Waals surface area contributed by atoms with Gasteiger partial charge < -0.3 is 20.4 Å². The Labute approximate surface area is 156 Å². The number of rotatable bonds is 4. The van der Waals surface area contributed by atoms with Gasteiger partial charge in [0.2, 0.25) is 5.91 Å². The van der Waals surface area contributed by atoms with Gasteiger partial charge in [0, 0.05) is 17.6 Å². The van der Waals surface area contributed by atoms with Crippen molar-refractivity contribution in [3.63, 3.8) is 0 Å². The highest BCUT2D eigenvalue weighted by atomic mass is 16.5. The molecule has 2 heterocycles. The van der Waals surface area contributed by atoms with Crippen LogP contribution < -0.4 is 15.8 Å². The summed E-state index contributed by atoms with van der Waals surface area (Å²) in [5, 5.41) is 3.00. The second-order valence-electron chi connectivity index (χ2n) is 6.81. The number of carbonyl (C=O) groups excluding carboxylic acids is 1. The minimum atomic E-state index is 0.0119. The smallest absolute Gasteiger partial charge is 0.227 e. The molecular weight excluding hydrogens is 344 g/mol. The Morgan fingerprint density at radius 3 is 2.59 bits per heavy atom. The van der Waals surface area contributed by atoms with Crippen LogP contribution in [-0.4, -0.2) is 32.5 Å². The topological polar surface area (TPSA) is 108 Å². The minimum Gasteiger partial charge on any atom is -0.497 e. The van der Waals surface area contributed by atoms with Crippen LogP contribution in [-0.2, 0) is 4.79 Å². The van der Waals surface area contributed by atoms with Gasteiger partial charge >= 0.3 is 0 Å². The largest absolute Gasteiger partial charge is 0.497 e. The molecule has 8 heteroatoms. The highest BCUT2D eigenvalue weighted by Crippen LogP contribution is 2.34. The summed E-state index contributed by atoms with van der Waals surface area (Å²) in [5.41, 5.74) is 8.05. The van der Waals surface area contributed by atoms with Gasteiger partial charge in [0.05, 0.1) is 13.4 Å². The zero-order valence-corrected chi connectivity index (χ0v) is 15.1. The Bertz CT molecular complexity index is 944. The molecule has 1 aromatic carbocycles. The number of methoxy groups -OCH3 is 1.